The summed E-state index contributed by atoms with van der Waals surface area (Å²) in [6, 6.07) is 3.99. The van der Waals surface area contributed by atoms with Crippen molar-refractivity contribution in [2.75, 3.05) is 5.32 Å². The monoisotopic (exact) mass is 300 g/mol. The number of hydrogen-bond acceptors (Lipinski definition) is 3. The van der Waals surface area contributed by atoms with Crippen molar-refractivity contribution in [1.29, 1.82) is 0 Å². The first-order chi connectivity index (χ1) is 9.09. The van der Waals surface area contributed by atoms with Crippen molar-refractivity contribution in [3.8, 4) is 0 Å². The summed E-state index contributed by atoms with van der Waals surface area (Å²) in [5.41, 5.74) is 1.02. The molecule has 0 unspecified atom stereocenters. The maximum atomic E-state index is 13.6. The Morgan fingerprint density at radius 3 is 2.45 bits per heavy atom. The number of hydrogen-bond donors (Lipinski definition) is 2. The van der Waals surface area contributed by atoms with E-state index in [0.29, 0.717) is 11.3 Å². The maximum absolute atomic E-state index is 13.6. The molecule has 2 N–H and O–H groups in total. The molecule has 0 aliphatic rings. The van der Waals surface area contributed by atoms with E-state index in [4.69, 9.17) is 0 Å². The van der Waals surface area contributed by atoms with Gasteiger partial charge in [-0.25, -0.2) is 4.39 Å². The van der Waals surface area contributed by atoms with Gasteiger partial charge in [-0.2, -0.15) is 0 Å². The molecule has 20 heavy (non-hydrogen) atoms. The van der Waals surface area contributed by atoms with Gasteiger partial charge in [-0.15, -0.1) is 4.72 Å². The highest BCUT2D eigenvalue weighted by Gasteiger charge is 2.28. The van der Waals surface area contributed by atoms with Crippen LogP contribution in [0.15, 0.2) is 18.2 Å². The van der Waals surface area contributed by atoms with Crippen LogP contribution in [0.2, 0.25) is 0 Å². The van der Waals surface area contributed by atoms with E-state index in [1.165, 1.54) is 19.1 Å². The summed E-state index contributed by atoms with van der Waals surface area (Å²) in [6.07, 6.45) is 0. The van der Waals surface area contributed by atoms with Gasteiger partial charge in [-0.1, -0.05) is 0 Å². The summed E-state index contributed by atoms with van der Waals surface area (Å²) in [5.74, 6) is -0.707. The van der Waals surface area contributed by atoms with Crippen LogP contribution in [0, 0.1) is 5.82 Å². The predicted octanol–water partition coefficient (Wildman–Crippen LogP) is 2.90. The third-order valence-electron chi connectivity index (χ3n) is 2.58. The van der Waals surface area contributed by atoms with Crippen LogP contribution in [0.3, 0.4) is 0 Å². The first-order valence-electron chi connectivity index (χ1n) is 6.35. The smallest absolute Gasteiger partial charge is 0.221 e. The van der Waals surface area contributed by atoms with Gasteiger partial charge in [-0.05, 0) is 51.5 Å². The normalized spacial score (nSPS) is 14.8. The SMILES string of the molecule is CC(=O)Nc1cc(F)cc([C@@H](C)N[S@+]([O-])C(C)(C)C)c1. The minimum Gasteiger partial charge on any atom is -0.598 e. The van der Waals surface area contributed by atoms with Gasteiger partial charge < -0.3 is 9.87 Å². The quantitative estimate of drug-likeness (QED) is 0.840. The average molecular weight is 300 g/mol. The summed E-state index contributed by atoms with van der Waals surface area (Å²) in [4.78, 5) is 11.0. The van der Waals surface area contributed by atoms with Crippen molar-refractivity contribution >= 4 is 23.0 Å². The molecule has 0 bridgehead atoms. The van der Waals surface area contributed by atoms with Gasteiger partial charge in [0.25, 0.3) is 0 Å². The Morgan fingerprint density at radius 1 is 1.35 bits per heavy atom. The van der Waals surface area contributed by atoms with Crippen molar-refractivity contribution in [2.45, 2.75) is 45.4 Å². The molecule has 0 saturated heterocycles. The van der Waals surface area contributed by atoms with E-state index in [9.17, 15) is 13.7 Å². The number of benzene rings is 1. The number of anilines is 1. The van der Waals surface area contributed by atoms with E-state index in [0.717, 1.165) is 0 Å². The van der Waals surface area contributed by atoms with Crippen LogP contribution in [0.1, 0.15) is 46.2 Å². The fourth-order valence-corrected chi connectivity index (χ4v) is 2.35. The molecule has 4 nitrogen and oxygen atoms in total. The zero-order valence-corrected chi connectivity index (χ0v) is 13.2. The highest BCUT2D eigenvalue weighted by Crippen LogP contribution is 2.23. The Balaban J connectivity index is 2.90. The van der Waals surface area contributed by atoms with E-state index in [-0.39, 0.29) is 11.9 Å². The zero-order valence-electron chi connectivity index (χ0n) is 12.4. The van der Waals surface area contributed by atoms with Crippen LogP contribution in [-0.4, -0.2) is 15.2 Å². The number of carbonyl (C=O) groups excluding carboxylic acids is 1. The highest BCUT2D eigenvalue weighted by molar-refractivity contribution is 7.90. The zero-order chi connectivity index (χ0) is 15.5. The predicted molar refractivity (Wildman–Crippen MR) is 80.1 cm³/mol. The van der Waals surface area contributed by atoms with Gasteiger partial charge in [0.15, 0.2) is 0 Å². The minimum atomic E-state index is -1.25. The van der Waals surface area contributed by atoms with Crippen LogP contribution < -0.4 is 10.0 Å². The molecule has 1 aromatic rings. The van der Waals surface area contributed by atoms with E-state index in [1.54, 1.807) is 13.0 Å². The van der Waals surface area contributed by atoms with Crippen molar-refractivity contribution in [1.82, 2.24) is 4.72 Å². The van der Waals surface area contributed by atoms with Crippen LogP contribution in [0.5, 0.6) is 0 Å². The number of carbonyl (C=O) groups is 1. The fourth-order valence-electron chi connectivity index (χ4n) is 1.54. The molecule has 2 atom stereocenters. The molecule has 0 radical (unpaired) electrons. The average Bonchev–Trinajstić information content (AvgIpc) is 2.25. The second kappa shape index (κ2) is 6.56. The molecule has 112 valence electrons. The fraction of sp³-hybridized carbons (Fsp3) is 0.500. The van der Waals surface area contributed by atoms with E-state index < -0.39 is 21.9 Å². The summed E-state index contributed by atoms with van der Waals surface area (Å²) in [7, 11) is 0. The van der Waals surface area contributed by atoms with Crippen LogP contribution >= 0.6 is 0 Å². The van der Waals surface area contributed by atoms with Gasteiger partial charge >= 0.3 is 0 Å². The third-order valence-corrected chi connectivity index (χ3v) is 4.26. The second-order valence-electron chi connectivity index (χ2n) is 5.68. The third kappa shape index (κ3) is 5.11. The standard InChI is InChI=1S/C14H21FN2O2S/c1-9(17-20(19)14(3,4)5)11-6-12(15)8-13(7-11)16-10(2)18/h6-9,17H,1-5H3,(H,16,18)/t9-,20-/m1/s1. The Labute approximate surface area is 122 Å². The molecule has 0 aromatic heterocycles. The Kier molecular flexibility index (Phi) is 5.56. The number of halogens is 1. The lowest BCUT2D eigenvalue weighted by atomic mass is 10.1. The molecule has 6 heteroatoms. The second-order valence-corrected chi connectivity index (χ2v) is 7.67. The lowest BCUT2D eigenvalue weighted by Gasteiger charge is -2.26. The molecule has 1 rings (SSSR count). The molecule has 1 amide bonds. The summed E-state index contributed by atoms with van der Waals surface area (Å²) in [5, 5.41) is 2.54. The van der Waals surface area contributed by atoms with Crippen LogP contribution in [-0.2, 0) is 16.2 Å². The molecular formula is C14H21FN2O2S. The Morgan fingerprint density at radius 2 is 1.95 bits per heavy atom. The molecule has 0 heterocycles. The molecule has 0 saturated carbocycles. The lowest BCUT2D eigenvalue weighted by Crippen LogP contribution is -2.40. The highest BCUT2D eigenvalue weighted by atomic mass is 32.2. The molecule has 1 aromatic carbocycles. The van der Waals surface area contributed by atoms with E-state index in [1.807, 2.05) is 20.8 Å². The summed E-state index contributed by atoms with van der Waals surface area (Å²) in [6.45, 7) is 8.74. The molecule has 0 aliphatic carbocycles. The largest absolute Gasteiger partial charge is 0.598 e. The molecule has 0 aliphatic heterocycles. The topological polar surface area (TPSA) is 64.2 Å². The Bertz CT molecular complexity index is 489. The van der Waals surface area contributed by atoms with Gasteiger partial charge in [-0.3, -0.25) is 4.79 Å². The van der Waals surface area contributed by atoms with Crippen molar-refractivity contribution in [3.63, 3.8) is 0 Å². The molecule has 0 spiro atoms. The van der Waals surface area contributed by atoms with Crippen LogP contribution in [0.25, 0.3) is 0 Å². The van der Waals surface area contributed by atoms with Gasteiger partial charge in [0, 0.05) is 24.0 Å². The molecular weight excluding hydrogens is 279 g/mol. The summed E-state index contributed by atoms with van der Waals surface area (Å²) < 4.78 is 28.1. The first kappa shape index (κ1) is 16.9. The maximum Gasteiger partial charge on any atom is 0.221 e. The van der Waals surface area contributed by atoms with Gasteiger partial charge in [0.1, 0.15) is 10.6 Å². The van der Waals surface area contributed by atoms with Crippen molar-refractivity contribution < 1.29 is 13.7 Å². The summed E-state index contributed by atoms with van der Waals surface area (Å²) >= 11 is -1.25. The van der Waals surface area contributed by atoms with Gasteiger partial charge in [0.2, 0.25) is 5.91 Å². The van der Waals surface area contributed by atoms with E-state index >= 15 is 0 Å². The van der Waals surface area contributed by atoms with Crippen LogP contribution in [0.4, 0.5) is 10.1 Å². The number of amides is 1. The molecule has 0 fully saturated rings. The number of nitrogens with one attached hydrogen (secondary N) is 2. The minimum absolute atomic E-state index is 0.263. The Hall–Kier alpha value is -1.11. The van der Waals surface area contributed by atoms with Crippen molar-refractivity contribution in [3.05, 3.63) is 29.6 Å². The van der Waals surface area contributed by atoms with E-state index in [2.05, 4.69) is 10.0 Å². The first-order valence-corrected chi connectivity index (χ1v) is 7.50. The number of rotatable bonds is 4. The lowest BCUT2D eigenvalue weighted by molar-refractivity contribution is -0.114. The van der Waals surface area contributed by atoms with Gasteiger partial charge in [0.05, 0.1) is 6.04 Å². The van der Waals surface area contributed by atoms with Crippen molar-refractivity contribution in [2.24, 2.45) is 0 Å².